The molecule has 12 heteroatoms. The van der Waals surface area contributed by atoms with E-state index in [1.807, 2.05) is 54.7 Å². The van der Waals surface area contributed by atoms with Gasteiger partial charge in [-0.05, 0) is 42.0 Å². The van der Waals surface area contributed by atoms with Crippen LogP contribution in [0.4, 0.5) is 19.0 Å². The zero-order valence-electron chi connectivity index (χ0n) is 18.8. The molecule has 2 aromatic carbocycles. The number of methoxy groups -OCH3 is 1. The van der Waals surface area contributed by atoms with Crippen molar-refractivity contribution in [1.29, 1.82) is 0 Å². The number of aliphatic carboxylic acids is 1. The molecule has 3 aromatic rings. The molecule has 0 saturated carbocycles. The van der Waals surface area contributed by atoms with Crippen LogP contribution < -0.4 is 20.1 Å². The van der Waals surface area contributed by atoms with Crippen molar-refractivity contribution in [2.45, 2.75) is 12.1 Å². The number of H-pyrrole nitrogens is 1. The fourth-order valence-corrected chi connectivity index (χ4v) is 3.91. The number of carbonyl (C=O) groups is 2. The number of hydrogen-bond donors (Lipinski definition) is 4. The second-order valence-electron chi connectivity index (χ2n) is 7.82. The van der Waals surface area contributed by atoms with Crippen molar-refractivity contribution in [2.24, 2.45) is 0 Å². The normalized spacial score (nSPS) is 16.7. The minimum Gasteiger partial charge on any atom is -0.497 e. The number of aromatic amines is 1. The summed E-state index contributed by atoms with van der Waals surface area (Å²) in [6.45, 7) is 0.956. The topological polar surface area (TPSA) is 126 Å². The van der Waals surface area contributed by atoms with Gasteiger partial charge in [0.15, 0.2) is 11.6 Å². The third-order valence-corrected chi connectivity index (χ3v) is 5.48. The summed E-state index contributed by atoms with van der Waals surface area (Å²) in [5.74, 6) is 0.109. The Kier molecular flexibility index (Phi) is 6.97. The van der Waals surface area contributed by atoms with Gasteiger partial charge in [-0.1, -0.05) is 12.1 Å². The molecule has 0 radical (unpaired) electrons. The summed E-state index contributed by atoms with van der Waals surface area (Å²) in [5.41, 5.74) is 3.62. The van der Waals surface area contributed by atoms with Crippen LogP contribution in [0.25, 0.3) is 0 Å². The highest BCUT2D eigenvalue weighted by molar-refractivity contribution is 6.02. The molecule has 2 aliphatic heterocycles. The van der Waals surface area contributed by atoms with Crippen molar-refractivity contribution in [3.8, 4) is 17.2 Å². The van der Waals surface area contributed by atoms with E-state index in [2.05, 4.69) is 20.8 Å². The number of rotatable bonds is 4. The number of halogens is 3. The maximum absolute atomic E-state index is 12.7. The molecule has 1 atom stereocenters. The van der Waals surface area contributed by atoms with Gasteiger partial charge in [0.25, 0.3) is 0 Å². The maximum atomic E-state index is 12.7. The van der Waals surface area contributed by atoms with E-state index < -0.39 is 12.1 Å². The number of anilines is 1. The lowest BCUT2D eigenvalue weighted by atomic mass is 9.79. The number of aromatic nitrogens is 2. The van der Waals surface area contributed by atoms with Gasteiger partial charge < -0.3 is 25.2 Å². The molecule has 2 aliphatic rings. The van der Waals surface area contributed by atoms with Crippen molar-refractivity contribution in [3.63, 3.8) is 0 Å². The fraction of sp³-hybridized carbons (Fsp3) is 0.208. The Hall–Kier alpha value is -4.32. The number of carbonyl (C=O) groups excluding carboxylic acids is 1. The van der Waals surface area contributed by atoms with E-state index >= 15 is 0 Å². The molecule has 0 saturated heterocycles. The number of nitrogens with zero attached hydrogens (tertiary/aromatic N) is 1. The third-order valence-electron chi connectivity index (χ3n) is 5.48. The summed E-state index contributed by atoms with van der Waals surface area (Å²) in [4.78, 5) is 21.6. The van der Waals surface area contributed by atoms with Crippen molar-refractivity contribution >= 4 is 17.6 Å². The molecule has 9 nitrogen and oxygen atoms in total. The summed E-state index contributed by atoms with van der Waals surface area (Å²) >= 11 is 0. The number of ether oxygens (including phenoxy) is 2. The van der Waals surface area contributed by atoms with Crippen LogP contribution in [0, 0.1) is 0 Å². The zero-order chi connectivity index (χ0) is 25.9. The Morgan fingerprint density at radius 2 is 1.78 bits per heavy atom. The quantitative estimate of drug-likeness (QED) is 0.424. The van der Waals surface area contributed by atoms with Gasteiger partial charge in [-0.3, -0.25) is 9.89 Å². The lowest BCUT2D eigenvalue weighted by Crippen LogP contribution is -2.39. The van der Waals surface area contributed by atoms with E-state index in [1.54, 1.807) is 7.11 Å². The molecule has 0 spiro atoms. The number of carboxylic acid groups (broad SMARTS) is 1. The van der Waals surface area contributed by atoms with Crippen LogP contribution in [0.2, 0.25) is 0 Å². The summed E-state index contributed by atoms with van der Waals surface area (Å²) in [6, 6.07) is 15.3. The molecule has 5 rings (SSSR count). The van der Waals surface area contributed by atoms with Crippen molar-refractivity contribution in [2.75, 3.05) is 25.5 Å². The fourth-order valence-electron chi connectivity index (χ4n) is 3.91. The molecule has 0 bridgehead atoms. The maximum Gasteiger partial charge on any atom is 0.490 e. The third kappa shape index (κ3) is 5.33. The van der Waals surface area contributed by atoms with Gasteiger partial charge in [0.1, 0.15) is 17.2 Å². The Bertz CT molecular complexity index is 1300. The average Bonchev–Trinajstić information content (AvgIpc) is 3.31. The van der Waals surface area contributed by atoms with E-state index in [-0.39, 0.29) is 11.7 Å². The molecule has 4 N–H and O–H groups in total. The number of fused-ring (bicyclic) bond motifs is 1. The van der Waals surface area contributed by atoms with E-state index in [4.69, 9.17) is 19.4 Å². The summed E-state index contributed by atoms with van der Waals surface area (Å²) in [7, 11) is 1.63. The van der Waals surface area contributed by atoms with Crippen LogP contribution in [-0.2, 0) is 9.59 Å². The van der Waals surface area contributed by atoms with Gasteiger partial charge in [-0.2, -0.15) is 18.3 Å². The van der Waals surface area contributed by atoms with Crippen LogP contribution in [0.3, 0.4) is 0 Å². The summed E-state index contributed by atoms with van der Waals surface area (Å²) in [6.07, 6.45) is -3.23. The first-order valence-corrected chi connectivity index (χ1v) is 10.7. The number of Topliss-reactive ketones (excluding diaryl/α,β-unsaturated/α-hetero) is 1. The first-order chi connectivity index (χ1) is 17.2. The predicted octanol–water partition coefficient (Wildman–Crippen LogP) is 3.83. The highest BCUT2D eigenvalue weighted by Gasteiger charge is 2.38. The highest BCUT2D eigenvalue weighted by atomic mass is 19.4. The summed E-state index contributed by atoms with van der Waals surface area (Å²) < 4.78 is 43.0. The summed E-state index contributed by atoms with van der Waals surface area (Å²) in [5, 5.41) is 20.8. The highest BCUT2D eigenvalue weighted by Crippen LogP contribution is 2.42. The van der Waals surface area contributed by atoms with Gasteiger partial charge in [0.05, 0.1) is 13.7 Å². The molecular weight excluding hydrogens is 481 g/mol. The predicted molar refractivity (Wildman–Crippen MR) is 122 cm³/mol. The van der Waals surface area contributed by atoms with Crippen molar-refractivity contribution in [1.82, 2.24) is 15.5 Å². The lowest BCUT2D eigenvalue weighted by Gasteiger charge is -2.31. The number of carboxylic acids is 1. The molecule has 0 aliphatic carbocycles. The molecule has 188 valence electrons. The van der Waals surface area contributed by atoms with Gasteiger partial charge in [-0.15, -0.1) is 0 Å². The molecule has 36 heavy (non-hydrogen) atoms. The second kappa shape index (κ2) is 10.1. The van der Waals surface area contributed by atoms with Crippen LogP contribution in [-0.4, -0.2) is 53.4 Å². The van der Waals surface area contributed by atoms with Crippen LogP contribution in [0.1, 0.15) is 17.0 Å². The molecular formula is C24H21F3N4O5. The Morgan fingerprint density at radius 3 is 2.44 bits per heavy atom. The Morgan fingerprint density at radius 1 is 1.08 bits per heavy atom. The van der Waals surface area contributed by atoms with E-state index in [1.165, 1.54) is 0 Å². The molecule has 0 fully saturated rings. The monoisotopic (exact) mass is 502 g/mol. The Balaban J connectivity index is 0.000000384. The Labute approximate surface area is 202 Å². The minimum absolute atomic E-state index is 0.0945. The zero-order valence-corrected chi connectivity index (χ0v) is 18.8. The number of hydrogen-bond acceptors (Lipinski definition) is 7. The van der Waals surface area contributed by atoms with Crippen molar-refractivity contribution in [3.05, 3.63) is 77.1 Å². The molecule has 0 amide bonds. The second-order valence-corrected chi connectivity index (χ2v) is 7.82. The van der Waals surface area contributed by atoms with Gasteiger partial charge in [0.2, 0.25) is 0 Å². The lowest BCUT2D eigenvalue weighted by molar-refractivity contribution is -0.192. The van der Waals surface area contributed by atoms with E-state index in [0.717, 1.165) is 39.7 Å². The first kappa shape index (κ1) is 24.8. The SMILES string of the molecule is COc1ccc(Oc2cccc(C3C4=C(CNCC4=O)Nc4n[nH]cc43)c2)cc1.O=C(O)C(F)(F)F. The van der Waals surface area contributed by atoms with Crippen LogP contribution in [0.15, 0.2) is 66.0 Å². The van der Waals surface area contributed by atoms with Gasteiger partial charge >= 0.3 is 12.1 Å². The average molecular weight is 502 g/mol. The largest absolute Gasteiger partial charge is 0.497 e. The van der Waals surface area contributed by atoms with Crippen LogP contribution >= 0.6 is 0 Å². The number of benzene rings is 2. The number of nitrogens with one attached hydrogen (secondary N) is 3. The van der Waals surface area contributed by atoms with Crippen molar-refractivity contribution < 1.29 is 37.3 Å². The smallest absolute Gasteiger partial charge is 0.490 e. The standard InChI is InChI=1S/C22H20N4O3.C2HF3O2/c1-28-14-5-7-15(8-6-14)29-16-4-2-3-13(9-16)20-17-10-24-26-22(17)25-18-11-23-12-19(27)21(18)20;3-2(4,5)1(6)7/h2-10,20,23H,11-12H2,1H3,(H2,24,25,26);(H,6,7). The van der Waals surface area contributed by atoms with Gasteiger partial charge in [0, 0.05) is 35.5 Å². The number of alkyl halides is 3. The first-order valence-electron chi connectivity index (χ1n) is 10.7. The number of ketones is 1. The van der Waals surface area contributed by atoms with E-state index in [0.29, 0.717) is 18.8 Å². The van der Waals surface area contributed by atoms with E-state index in [9.17, 15) is 18.0 Å². The van der Waals surface area contributed by atoms with Gasteiger partial charge in [-0.25, -0.2) is 4.79 Å². The van der Waals surface area contributed by atoms with Crippen LogP contribution in [0.5, 0.6) is 17.2 Å². The molecule has 3 heterocycles. The minimum atomic E-state index is -5.08. The molecule has 1 unspecified atom stereocenters. The molecule has 1 aromatic heterocycles.